The lowest BCUT2D eigenvalue weighted by molar-refractivity contribution is 0.611. The fourth-order valence-corrected chi connectivity index (χ4v) is 4.54. The van der Waals surface area contributed by atoms with Gasteiger partial charge in [-0.1, -0.05) is 66.7 Å². The monoisotopic (exact) mass is 426 g/mol. The lowest BCUT2D eigenvalue weighted by Gasteiger charge is -2.21. The van der Waals surface area contributed by atoms with Crippen molar-refractivity contribution in [1.82, 2.24) is 4.98 Å². The Labute approximate surface area is 189 Å². The van der Waals surface area contributed by atoms with Crippen LogP contribution in [0.25, 0.3) is 43.8 Å². The van der Waals surface area contributed by atoms with Crippen molar-refractivity contribution < 1.29 is 8.83 Å². The molecule has 33 heavy (non-hydrogen) atoms. The number of benzene rings is 5. The lowest BCUT2D eigenvalue weighted by atomic mass is 10.1. The van der Waals surface area contributed by atoms with Crippen LogP contribution in [0.3, 0.4) is 0 Å². The van der Waals surface area contributed by atoms with Gasteiger partial charge in [-0.25, -0.2) is 0 Å². The molecule has 0 N–H and O–H groups in total. The van der Waals surface area contributed by atoms with E-state index in [1.807, 2.05) is 66.7 Å². The van der Waals surface area contributed by atoms with Gasteiger partial charge in [0.05, 0.1) is 11.4 Å². The highest BCUT2D eigenvalue weighted by Gasteiger charge is 2.20. The predicted molar refractivity (Wildman–Crippen MR) is 133 cm³/mol. The molecule has 0 fully saturated rings. The Hall–Kier alpha value is -4.57. The summed E-state index contributed by atoms with van der Waals surface area (Å²) in [5.41, 5.74) is 5.29. The van der Waals surface area contributed by atoms with E-state index in [9.17, 15) is 0 Å². The number of para-hydroxylation sites is 2. The summed E-state index contributed by atoms with van der Waals surface area (Å²) in [7, 11) is 0. The first-order chi connectivity index (χ1) is 16.3. The number of anilines is 3. The van der Waals surface area contributed by atoms with Gasteiger partial charge in [0, 0.05) is 16.2 Å². The molecule has 7 rings (SSSR count). The van der Waals surface area contributed by atoms with Crippen molar-refractivity contribution in [3.05, 3.63) is 109 Å². The first-order valence-corrected chi connectivity index (χ1v) is 10.9. The molecule has 2 heterocycles. The van der Waals surface area contributed by atoms with Crippen molar-refractivity contribution >= 4 is 61.2 Å². The van der Waals surface area contributed by atoms with E-state index in [0.29, 0.717) is 6.01 Å². The number of hydrogen-bond donors (Lipinski definition) is 0. The number of oxazole rings is 1. The minimum Gasteiger partial charge on any atom is -0.456 e. The maximum absolute atomic E-state index is 6.42. The third-order valence-electron chi connectivity index (χ3n) is 6.09. The van der Waals surface area contributed by atoms with E-state index in [1.165, 1.54) is 0 Å². The van der Waals surface area contributed by atoms with Gasteiger partial charge in [0.25, 0.3) is 0 Å². The van der Waals surface area contributed by atoms with Crippen LogP contribution in [-0.2, 0) is 0 Å². The summed E-state index contributed by atoms with van der Waals surface area (Å²) in [5, 5.41) is 4.33. The van der Waals surface area contributed by atoms with E-state index in [0.717, 1.165) is 55.2 Å². The highest BCUT2D eigenvalue weighted by atomic mass is 16.4. The second kappa shape index (κ2) is 6.97. The summed E-state index contributed by atoms with van der Waals surface area (Å²) in [6, 6.07) is 37.3. The van der Waals surface area contributed by atoms with Gasteiger partial charge in [0.2, 0.25) is 0 Å². The van der Waals surface area contributed by atoms with E-state index in [4.69, 9.17) is 13.8 Å². The maximum atomic E-state index is 6.42. The molecular weight excluding hydrogens is 408 g/mol. The molecule has 7 aromatic rings. The Bertz CT molecular complexity index is 1770. The maximum Gasteiger partial charge on any atom is 0.307 e. The van der Waals surface area contributed by atoms with Gasteiger partial charge in [0.1, 0.15) is 16.7 Å². The van der Waals surface area contributed by atoms with Gasteiger partial charge in [-0.05, 0) is 47.9 Å². The number of fused-ring (bicyclic) bond motifs is 6. The minimum atomic E-state index is 0.528. The van der Waals surface area contributed by atoms with E-state index in [2.05, 4.69) is 47.4 Å². The SMILES string of the molecule is c1ccc(N(c2ccc3oc4ccccc4c3c2)c2nc3ccc4ccccc4c3o2)cc1. The number of hydrogen-bond acceptors (Lipinski definition) is 4. The van der Waals surface area contributed by atoms with Gasteiger partial charge >= 0.3 is 6.01 Å². The fourth-order valence-electron chi connectivity index (χ4n) is 4.54. The Kier molecular flexibility index (Phi) is 3.81. The highest BCUT2D eigenvalue weighted by molar-refractivity contribution is 6.07. The molecule has 0 atom stereocenters. The number of aromatic nitrogens is 1. The fraction of sp³-hybridized carbons (Fsp3) is 0. The van der Waals surface area contributed by atoms with E-state index < -0.39 is 0 Å². The standard InChI is InChI=1S/C29H18N2O2/c1-2-9-20(10-3-1)31(21-15-17-27-24(18-21)23-12-6-7-13-26(23)32-27)29-30-25-16-14-19-8-4-5-11-22(19)28(25)33-29/h1-18H. The first kappa shape index (κ1) is 18.0. The van der Waals surface area contributed by atoms with Crippen molar-refractivity contribution in [3.8, 4) is 0 Å². The Balaban J connectivity index is 1.48. The summed E-state index contributed by atoms with van der Waals surface area (Å²) in [5.74, 6) is 0. The van der Waals surface area contributed by atoms with Crippen molar-refractivity contribution in [3.63, 3.8) is 0 Å². The van der Waals surface area contributed by atoms with Crippen LogP contribution in [0.5, 0.6) is 0 Å². The molecule has 0 amide bonds. The average molecular weight is 426 g/mol. The molecule has 0 radical (unpaired) electrons. The van der Waals surface area contributed by atoms with Crippen LogP contribution in [0.4, 0.5) is 17.4 Å². The van der Waals surface area contributed by atoms with Crippen molar-refractivity contribution in [2.45, 2.75) is 0 Å². The first-order valence-electron chi connectivity index (χ1n) is 10.9. The van der Waals surface area contributed by atoms with Crippen LogP contribution in [-0.4, -0.2) is 4.98 Å². The number of rotatable bonds is 3. The molecule has 0 unspecified atom stereocenters. The van der Waals surface area contributed by atoms with E-state index in [1.54, 1.807) is 0 Å². The van der Waals surface area contributed by atoms with Crippen molar-refractivity contribution in [1.29, 1.82) is 0 Å². The molecule has 0 aliphatic heterocycles. The van der Waals surface area contributed by atoms with Gasteiger partial charge in [0.15, 0.2) is 5.58 Å². The lowest BCUT2D eigenvalue weighted by Crippen LogP contribution is -2.09. The molecule has 0 saturated carbocycles. The normalized spacial score (nSPS) is 11.6. The summed E-state index contributed by atoms with van der Waals surface area (Å²) in [6.45, 7) is 0. The zero-order valence-corrected chi connectivity index (χ0v) is 17.6. The van der Waals surface area contributed by atoms with E-state index >= 15 is 0 Å². The third-order valence-corrected chi connectivity index (χ3v) is 6.09. The van der Waals surface area contributed by atoms with Gasteiger partial charge in [-0.3, -0.25) is 4.90 Å². The van der Waals surface area contributed by atoms with Crippen molar-refractivity contribution in [2.75, 3.05) is 4.90 Å². The van der Waals surface area contributed by atoms with Crippen LogP contribution in [0.15, 0.2) is 118 Å². The Morgan fingerprint density at radius 1 is 0.545 bits per heavy atom. The van der Waals surface area contributed by atoms with Gasteiger partial charge in [-0.15, -0.1) is 0 Å². The molecule has 4 nitrogen and oxygen atoms in total. The molecule has 0 spiro atoms. The van der Waals surface area contributed by atoms with Crippen LogP contribution >= 0.6 is 0 Å². The summed E-state index contributed by atoms with van der Waals surface area (Å²) in [6.07, 6.45) is 0. The largest absolute Gasteiger partial charge is 0.456 e. The number of furan rings is 1. The van der Waals surface area contributed by atoms with Crippen LogP contribution in [0.1, 0.15) is 0 Å². The quantitative estimate of drug-likeness (QED) is 0.285. The molecule has 0 aliphatic rings. The number of nitrogens with zero attached hydrogens (tertiary/aromatic N) is 2. The second-order valence-electron chi connectivity index (χ2n) is 8.08. The third kappa shape index (κ3) is 2.81. The molecule has 5 aromatic carbocycles. The summed E-state index contributed by atoms with van der Waals surface area (Å²) in [4.78, 5) is 6.93. The smallest absolute Gasteiger partial charge is 0.307 e. The summed E-state index contributed by atoms with van der Waals surface area (Å²) >= 11 is 0. The molecule has 0 saturated heterocycles. The molecular formula is C29H18N2O2. The topological polar surface area (TPSA) is 42.4 Å². The molecule has 0 bridgehead atoms. The minimum absolute atomic E-state index is 0.528. The second-order valence-corrected chi connectivity index (χ2v) is 8.08. The average Bonchev–Trinajstić information content (AvgIpc) is 3.46. The molecule has 0 aliphatic carbocycles. The molecule has 2 aromatic heterocycles. The van der Waals surface area contributed by atoms with Crippen LogP contribution in [0, 0.1) is 0 Å². The van der Waals surface area contributed by atoms with Gasteiger partial charge < -0.3 is 8.83 Å². The van der Waals surface area contributed by atoms with Crippen LogP contribution < -0.4 is 4.90 Å². The van der Waals surface area contributed by atoms with Crippen LogP contribution in [0.2, 0.25) is 0 Å². The molecule has 4 heteroatoms. The molecule has 156 valence electrons. The zero-order valence-electron chi connectivity index (χ0n) is 17.6. The van der Waals surface area contributed by atoms with E-state index in [-0.39, 0.29) is 0 Å². The Morgan fingerprint density at radius 3 is 2.21 bits per heavy atom. The zero-order chi connectivity index (χ0) is 21.8. The highest BCUT2D eigenvalue weighted by Crippen LogP contribution is 2.40. The summed E-state index contributed by atoms with van der Waals surface area (Å²) < 4.78 is 12.5. The predicted octanol–water partition coefficient (Wildman–Crippen LogP) is 8.35. The van der Waals surface area contributed by atoms with Gasteiger partial charge in [-0.2, -0.15) is 4.98 Å². The Morgan fingerprint density at radius 2 is 1.30 bits per heavy atom. The van der Waals surface area contributed by atoms with Crippen molar-refractivity contribution in [2.24, 2.45) is 0 Å².